The van der Waals surface area contributed by atoms with E-state index in [0.717, 1.165) is 0 Å². The van der Waals surface area contributed by atoms with Gasteiger partial charge in [-0.05, 0) is 48.5 Å². The molecule has 1 aromatic heterocycles. The van der Waals surface area contributed by atoms with E-state index in [2.05, 4.69) is 15.5 Å². The predicted octanol–water partition coefficient (Wildman–Crippen LogP) is 2.56. The van der Waals surface area contributed by atoms with Gasteiger partial charge in [0.05, 0.1) is 6.61 Å². The molecule has 128 valence electrons. The number of benzene rings is 2. The Labute approximate surface area is 147 Å². The maximum atomic E-state index is 12.2. The average molecular weight is 360 g/mol. The lowest BCUT2D eigenvalue weighted by atomic mass is 10.2. The van der Waals surface area contributed by atoms with E-state index >= 15 is 0 Å². The quantitative estimate of drug-likeness (QED) is 0.646. The summed E-state index contributed by atoms with van der Waals surface area (Å²) in [5, 5.41) is 25.8. The zero-order chi connectivity index (χ0) is 17.8. The lowest BCUT2D eigenvalue weighted by Gasteiger charge is -2.12. The van der Waals surface area contributed by atoms with Gasteiger partial charge in [-0.15, -0.1) is 0 Å². The summed E-state index contributed by atoms with van der Waals surface area (Å²) in [5.74, 6) is 0.0816. The van der Waals surface area contributed by atoms with Gasteiger partial charge in [0.1, 0.15) is 11.8 Å². The molecule has 0 bridgehead atoms. The number of aromatic hydroxyl groups is 1. The number of nitrogens with one attached hydrogen (secondary N) is 1. The molecule has 1 atom stereocenters. The van der Waals surface area contributed by atoms with Crippen LogP contribution in [0.5, 0.6) is 5.75 Å². The van der Waals surface area contributed by atoms with Crippen molar-refractivity contribution in [2.75, 3.05) is 6.61 Å². The Balaban J connectivity index is 1.76. The number of nitrogens with zero attached hydrogens (tertiary/aromatic N) is 2. The van der Waals surface area contributed by atoms with Gasteiger partial charge < -0.3 is 20.1 Å². The second kappa shape index (κ2) is 7.33. The van der Waals surface area contributed by atoms with Crippen LogP contribution in [0.25, 0.3) is 11.4 Å². The largest absolute Gasteiger partial charge is 0.508 e. The summed E-state index contributed by atoms with van der Waals surface area (Å²) < 4.78 is 5.14. The topological polar surface area (TPSA) is 108 Å². The Morgan fingerprint density at radius 1 is 1.16 bits per heavy atom. The second-order valence-corrected chi connectivity index (χ2v) is 5.66. The first-order valence-corrected chi connectivity index (χ1v) is 7.75. The normalized spacial score (nSPS) is 11.9. The molecule has 0 aliphatic carbocycles. The van der Waals surface area contributed by atoms with Crippen molar-refractivity contribution in [3.05, 3.63) is 65.0 Å². The fraction of sp³-hybridized carbons (Fsp3) is 0.118. The van der Waals surface area contributed by atoms with Gasteiger partial charge in [0.2, 0.25) is 5.82 Å². The van der Waals surface area contributed by atoms with Crippen LogP contribution in [-0.2, 0) is 0 Å². The summed E-state index contributed by atoms with van der Waals surface area (Å²) >= 11 is 5.80. The zero-order valence-corrected chi connectivity index (χ0v) is 13.6. The molecular formula is C17H14ClN3O4. The molecule has 7 nitrogen and oxygen atoms in total. The van der Waals surface area contributed by atoms with Gasteiger partial charge in [0.15, 0.2) is 0 Å². The summed E-state index contributed by atoms with van der Waals surface area (Å²) in [7, 11) is 0. The third kappa shape index (κ3) is 3.96. The molecule has 3 rings (SSSR count). The van der Waals surface area contributed by atoms with Gasteiger partial charge in [0.25, 0.3) is 11.8 Å². The standard InChI is InChI=1S/C17H14ClN3O4/c18-12-5-1-11(2-6-12)16(24)19-14(9-22)17-20-15(21-25-17)10-3-7-13(23)8-4-10/h1-8,14,22-23H,9H2,(H,19,24). The van der Waals surface area contributed by atoms with Gasteiger partial charge in [-0.3, -0.25) is 4.79 Å². The third-order valence-electron chi connectivity index (χ3n) is 3.46. The summed E-state index contributed by atoms with van der Waals surface area (Å²) in [4.78, 5) is 16.4. The van der Waals surface area contributed by atoms with Crippen molar-refractivity contribution in [2.24, 2.45) is 0 Å². The summed E-state index contributed by atoms with van der Waals surface area (Å²) in [5.41, 5.74) is 1.02. The smallest absolute Gasteiger partial charge is 0.251 e. The molecule has 0 aliphatic rings. The number of phenolic OH excluding ortho intramolecular Hbond substituents is 1. The minimum Gasteiger partial charge on any atom is -0.508 e. The average Bonchev–Trinajstić information content (AvgIpc) is 3.10. The zero-order valence-electron chi connectivity index (χ0n) is 12.9. The van der Waals surface area contributed by atoms with Crippen molar-refractivity contribution in [3.63, 3.8) is 0 Å². The maximum absolute atomic E-state index is 12.2. The molecule has 25 heavy (non-hydrogen) atoms. The second-order valence-electron chi connectivity index (χ2n) is 5.22. The highest BCUT2D eigenvalue weighted by Crippen LogP contribution is 2.21. The predicted molar refractivity (Wildman–Crippen MR) is 90.1 cm³/mol. The molecular weight excluding hydrogens is 346 g/mol. The molecule has 0 saturated heterocycles. The summed E-state index contributed by atoms with van der Waals surface area (Å²) in [6, 6.07) is 11.7. The molecule has 1 unspecified atom stereocenters. The number of phenols is 1. The van der Waals surface area contributed by atoms with Gasteiger partial charge in [-0.1, -0.05) is 16.8 Å². The van der Waals surface area contributed by atoms with Gasteiger partial charge in [-0.25, -0.2) is 0 Å². The van der Waals surface area contributed by atoms with E-state index in [4.69, 9.17) is 16.1 Å². The van der Waals surface area contributed by atoms with Gasteiger partial charge >= 0.3 is 0 Å². The molecule has 0 spiro atoms. The van der Waals surface area contributed by atoms with Gasteiger partial charge in [0, 0.05) is 16.1 Å². The number of aliphatic hydroxyl groups excluding tert-OH is 1. The van der Waals surface area contributed by atoms with Crippen molar-refractivity contribution < 1.29 is 19.5 Å². The molecule has 0 radical (unpaired) electrons. The molecule has 1 heterocycles. The number of aliphatic hydroxyl groups is 1. The number of aromatic nitrogens is 2. The van der Waals surface area contributed by atoms with Crippen LogP contribution in [0.15, 0.2) is 53.1 Å². The highest BCUT2D eigenvalue weighted by Gasteiger charge is 2.21. The van der Waals surface area contributed by atoms with Crippen LogP contribution in [0.3, 0.4) is 0 Å². The number of halogens is 1. The number of hydrogen-bond donors (Lipinski definition) is 3. The van der Waals surface area contributed by atoms with Crippen LogP contribution >= 0.6 is 11.6 Å². The van der Waals surface area contributed by atoms with Crippen molar-refractivity contribution >= 4 is 17.5 Å². The number of amides is 1. The number of carbonyl (C=O) groups excluding carboxylic acids is 1. The Morgan fingerprint density at radius 2 is 1.84 bits per heavy atom. The van der Waals surface area contributed by atoms with Crippen molar-refractivity contribution in [1.82, 2.24) is 15.5 Å². The van der Waals surface area contributed by atoms with Gasteiger partial charge in [-0.2, -0.15) is 4.98 Å². The highest BCUT2D eigenvalue weighted by molar-refractivity contribution is 6.30. The first kappa shape index (κ1) is 16.9. The van der Waals surface area contributed by atoms with Crippen LogP contribution in [0, 0.1) is 0 Å². The number of hydrogen-bond acceptors (Lipinski definition) is 6. The molecule has 0 fully saturated rings. The molecule has 3 N–H and O–H groups in total. The SMILES string of the molecule is O=C(NC(CO)c1nc(-c2ccc(O)cc2)no1)c1ccc(Cl)cc1. The monoisotopic (exact) mass is 359 g/mol. The lowest BCUT2D eigenvalue weighted by Crippen LogP contribution is -2.31. The van der Waals surface area contributed by atoms with Crippen LogP contribution < -0.4 is 5.32 Å². The first-order chi connectivity index (χ1) is 12.1. The van der Waals surface area contributed by atoms with Crippen LogP contribution in [-0.4, -0.2) is 32.9 Å². The Morgan fingerprint density at radius 3 is 2.48 bits per heavy atom. The molecule has 0 saturated carbocycles. The first-order valence-electron chi connectivity index (χ1n) is 7.37. The highest BCUT2D eigenvalue weighted by atomic mass is 35.5. The van der Waals surface area contributed by atoms with E-state index in [1.165, 1.54) is 12.1 Å². The van der Waals surface area contributed by atoms with E-state index in [-0.39, 0.29) is 17.5 Å². The fourth-order valence-corrected chi connectivity index (χ4v) is 2.26. The summed E-state index contributed by atoms with van der Waals surface area (Å²) in [6.07, 6.45) is 0. The lowest BCUT2D eigenvalue weighted by molar-refractivity contribution is 0.0901. The number of rotatable bonds is 5. The molecule has 0 aliphatic heterocycles. The number of carbonyl (C=O) groups is 1. The molecule has 3 aromatic rings. The maximum Gasteiger partial charge on any atom is 0.251 e. The van der Waals surface area contributed by atoms with Crippen LogP contribution in [0.1, 0.15) is 22.3 Å². The molecule has 2 aromatic carbocycles. The van der Waals surface area contributed by atoms with E-state index in [0.29, 0.717) is 16.1 Å². The van der Waals surface area contributed by atoms with Crippen molar-refractivity contribution in [2.45, 2.75) is 6.04 Å². The van der Waals surface area contributed by atoms with Crippen molar-refractivity contribution in [1.29, 1.82) is 0 Å². The van der Waals surface area contributed by atoms with E-state index in [1.807, 2.05) is 0 Å². The Kier molecular flexibility index (Phi) is 4.97. The third-order valence-corrected chi connectivity index (χ3v) is 3.71. The van der Waals surface area contributed by atoms with E-state index in [9.17, 15) is 15.0 Å². The van der Waals surface area contributed by atoms with Crippen molar-refractivity contribution in [3.8, 4) is 17.1 Å². The Hall–Kier alpha value is -2.90. The van der Waals surface area contributed by atoms with E-state index < -0.39 is 18.6 Å². The molecule has 1 amide bonds. The fourth-order valence-electron chi connectivity index (χ4n) is 2.13. The molecule has 8 heteroatoms. The van der Waals surface area contributed by atoms with Crippen LogP contribution in [0.2, 0.25) is 5.02 Å². The summed E-state index contributed by atoms with van der Waals surface area (Å²) in [6.45, 7) is -0.406. The van der Waals surface area contributed by atoms with E-state index in [1.54, 1.807) is 36.4 Å². The minimum atomic E-state index is -0.846. The Bertz CT molecular complexity index is 862. The minimum absolute atomic E-state index is 0.0767. The van der Waals surface area contributed by atoms with Crippen LogP contribution in [0.4, 0.5) is 0 Å².